The Morgan fingerprint density at radius 2 is 1.67 bits per heavy atom. The highest BCUT2D eigenvalue weighted by atomic mass is 16.7. The minimum Gasteiger partial charge on any atom is -0.493 e. The minimum absolute atomic E-state index is 0.0351. The van der Waals surface area contributed by atoms with Crippen LogP contribution in [0.3, 0.4) is 0 Å². The smallest absolute Gasteiger partial charge is 0.493 e. The Hall–Kier alpha value is -3.75. The van der Waals surface area contributed by atoms with E-state index in [4.69, 9.17) is 18.9 Å². The monoisotopic (exact) mass is 456 g/mol. The number of para-hydroxylation sites is 2. The normalized spacial score (nSPS) is 13.7. The van der Waals surface area contributed by atoms with Crippen LogP contribution in [0, 0.1) is 0 Å². The van der Waals surface area contributed by atoms with E-state index in [9.17, 15) is 14.4 Å². The van der Waals surface area contributed by atoms with Crippen molar-refractivity contribution in [1.82, 2.24) is 10.2 Å². The summed E-state index contributed by atoms with van der Waals surface area (Å²) >= 11 is 0. The van der Waals surface area contributed by atoms with Gasteiger partial charge in [0.1, 0.15) is 5.75 Å². The number of likely N-dealkylation sites (tertiary alicyclic amines) is 1. The van der Waals surface area contributed by atoms with Crippen molar-refractivity contribution in [2.24, 2.45) is 0 Å². The molecule has 0 saturated carbocycles. The first-order valence-corrected chi connectivity index (χ1v) is 10.8. The molecule has 1 aliphatic heterocycles. The first-order valence-electron chi connectivity index (χ1n) is 10.8. The number of hydrogen-bond donors (Lipinski definition) is 1. The summed E-state index contributed by atoms with van der Waals surface area (Å²) < 4.78 is 20.5. The summed E-state index contributed by atoms with van der Waals surface area (Å²) in [7, 11) is 1.55. The van der Waals surface area contributed by atoms with Gasteiger partial charge in [-0.15, -0.1) is 0 Å². The second kappa shape index (κ2) is 11.8. The molecule has 2 aromatic carbocycles. The molecule has 0 aliphatic carbocycles. The highest BCUT2D eigenvalue weighted by Gasteiger charge is 2.24. The molecular formula is C24H28N2O7. The lowest BCUT2D eigenvalue weighted by Gasteiger charge is -2.32. The van der Waals surface area contributed by atoms with Gasteiger partial charge in [0.15, 0.2) is 18.1 Å². The van der Waals surface area contributed by atoms with Gasteiger partial charge in [0, 0.05) is 24.7 Å². The third-order valence-corrected chi connectivity index (χ3v) is 5.18. The van der Waals surface area contributed by atoms with E-state index in [2.05, 4.69) is 5.32 Å². The van der Waals surface area contributed by atoms with Crippen molar-refractivity contribution in [3.8, 4) is 17.2 Å². The van der Waals surface area contributed by atoms with Gasteiger partial charge in [0.25, 0.3) is 11.8 Å². The van der Waals surface area contributed by atoms with Crippen LogP contribution in [0.5, 0.6) is 17.2 Å². The molecule has 0 atom stereocenters. The highest BCUT2D eigenvalue weighted by molar-refractivity contribution is 5.94. The van der Waals surface area contributed by atoms with Crippen LogP contribution in [0.2, 0.25) is 0 Å². The van der Waals surface area contributed by atoms with Gasteiger partial charge in [-0.25, -0.2) is 4.79 Å². The maximum absolute atomic E-state index is 12.5. The van der Waals surface area contributed by atoms with E-state index in [-0.39, 0.29) is 31.1 Å². The van der Waals surface area contributed by atoms with Gasteiger partial charge >= 0.3 is 6.16 Å². The van der Waals surface area contributed by atoms with Crippen molar-refractivity contribution in [3.63, 3.8) is 0 Å². The van der Waals surface area contributed by atoms with Gasteiger partial charge in [0.2, 0.25) is 0 Å². The molecule has 1 N–H and O–H groups in total. The van der Waals surface area contributed by atoms with Gasteiger partial charge < -0.3 is 29.2 Å². The molecule has 2 amide bonds. The second-order valence-electron chi connectivity index (χ2n) is 7.38. The number of piperidine rings is 1. The number of carbonyl (C=O) groups excluding carboxylic acids is 3. The summed E-state index contributed by atoms with van der Waals surface area (Å²) in [6, 6.07) is 13.4. The lowest BCUT2D eigenvalue weighted by atomic mass is 10.0. The van der Waals surface area contributed by atoms with E-state index >= 15 is 0 Å². The number of methoxy groups -OCH3 is 1. The lowest BCUT2D eigenvalue weighted by molar-refractivity contribution is -0.134. The molecule has 1 aliphatic rings. The third-order valence-electron chi connectivity index (χ3n) is 5.18. The fourth-order valence-electron chi connectivity index (χ4n) is 3.43. The van der Waals surface area contributed by atoms with Gasteiger partial charge in [-0.1, -0.05) is 12.1 Å². The fraction of sp³-hybridized carbons (Fsp3) is 0.375. The fourth-order valence-corrected chi connectivity index (χ4v) is 3.43. The van der Waals surface area contributed by atoms with E-state index in [1.165, 1.54) is 12.1 Å². The summed E-state index contributed by atoms with van der Waals surface area (Å²) in [5.74, 6) is 1.07. The molecule has 0 aromatic heterocycles. The molecule has 0 radical (unpaired) electrons. The summed E-state index contributed by atoms with van der Waals surface area (Å²) in [6.45, 7) is 2.90. The van der Waals surface area contributed by atoms with Crippen LogP contribution in [0.1, 0.15) is 30.1 Å². The quantitative estimate of drug-likeness (QED) is 0.481. The highest BCUT2D eigenvalue weighted by Crippen LogP contribution is 2.25. The van der Waals surface area contributed by atoms with Gasteiger partial charge in [0.05, 0.1) is 13.7 Å². The van der Waals surface area contributed by atoms with Crippen molar-refractivity contribution < 1.29 is 33.3 Å². The largest absolute Gasteiger partial charge is 0.513 e. The Morgan fingerprint density at radius 1 is 1.00 bits per heavy atom. The molecule has 1 saturated heterocycles. The van der Waals surface area contributed by atoms with E-state index in [0.29, 0.717) is 48.7 Å². The van der Waals surface area contributed by atoms with Crippen molar-refractivity contribution in [2.75, 3.05) is 33.4 Å². The van der Waals surface area contributed by atoms with Crippen LogP contribution in [-0.2, 0) is 9.53 Å². The number of benzene rings is 2. The van der Waals surface area contributed by atoms with Crippen molar-refractivity contribution in [1.29, 1.82) is 0 Å². The number of hydrogen-bond acceptors (Lipinski definition) is 7. The predicted molar refractivity (Wildman–Crippen MR) is 120 cm³/mol. The first kappa shape index (κ1) is 23.9. The zero-order valence-corrected chi connectivity index (χ0v) is 18.7. The molecule has 2 aromatic rings. The van der Waals surface area contributed by atoms with Gasteiger partial charge in [-0.3, -0.25) is 9.59 Å². The molecular weight excluding hydrogens is 428 g/mol. The van der Waals surface area contributed by atoms with Crippen molar-refractivity contribution >= 4 is 18.0 Å². The molecule has 9 nitrogen and oxygen atoms in total. The Bertz CT molecular complexity index is 954. The molecule has 33 heavy (non-hydrogen) atoms. The van der Waals surface area contributed by atoms with Crippen molar-refractivity contribution in [2.45, 2.75) is 25.8 Å². The molecule has 9 heteroatoms. The average Bonchev–Trinajstić information content (AvgIpc) is 2.83. The topological polar surface area (TPSA) is 103 Å². The van der Waals surface area contributed by atoms with Gasteiger partial charge in [-0.2, -0.15) is 0 Å². The molecule has 176 valence electrons. The first-order chi connectivity index (χ1) is 16.0. The predicted octanol–water partition coefficient (Wildman–Crippen LogP) is 3.03. The van der Waals surface area contributed by atoms with Gasteiger partial charge in [-0.05, 0) is 56.2 Å². The molecule has 0 spiro atoms. The minimum atomic E-state index is -0.788. The van der Waals surface area contributed by atoms with E-state index in [0.717, 1.165) is 0 Å². The maximum Gasteiger partial charge on any atom is 0.513 e. The Balaban J connectivity index is 1.42. The molecule has 0 bridgehead atoms. The van der Waals surface area contributed by atoms with Crippen LogP contribution in [0.4, 0.5) is 4.79 Å². The van der Waals surface area contributed by atoms with E-state index in [1.54, 1.807) is 43.2 Å². The maximum atomic E-state index is 12.5. The SMILES string of the molecule is CCOC(=O)Oc1ccc(C(=O)NC2CCN(C(=O)COc3ccccc3OC)CC2)cc1. The Kier molecular flexibility index (Phi) is 8.51. The summed E-state index contributed by atoms with van der Waals surface area (Å²) in [4.78, 5) is 38.1. The van der Waals surface area contributed by atoms with Crippen LogP contribution in [-0.4, -0.2) is 62.3 Å². The number of carbonyl (C=O) groups is 3. The number of ether oxygens (including phenoxy) is 4. The number of rotatable bonds is 8. The standard InChI is InChI=1S/C24H28N2O7/c1-3-31-24(29)33-19-10-8-17(9-11-19)23(28)25-18-12-14-26(15-13-18)22(27)16-32-21-7-5-4-6-20(21)30-2/h4-11,18H,3,12-16H2,1-2H3,(H,25,28). The molecule has 1 fully saturated rings. The summed E-state index contributed by atoms with van der Waals surface area (Å²) in [5.41, 5.74) is 0.454. The number of nitrogens with zero attached hydrogens (tertiary/aromatic N) is 1. The van der Waals surface area contributed by atoms with Crippen LogP contribution in [0.15, 0.2) is 48.5 Å². The number of nitrogens with one attached hydrogen (secondary N) is 1. The lowest BCUT2D eigenvalue weighted by Crippen LogP contribution is -2.47. The Labute approximate surface area is 192 Å². The number of amides is 2. The molecule has 0 unspecified atom stereocenters. The van der Waals surface area contributed by atoms with Crippen molar-refractivity contribution in [3.05, 3.63) is 54.1 Å². The van der Waals surface area contributed by atoms with E-state index < -0.39 is 6.16 Å². The zero-order valence-electron chi connectivity index (χ0n) is 18.7. The zero-order chi connectivity index (χ0) is 23.6. The molecule has 1 heterocycles. The van der Waals surface area contributed by atoms with Crippen LogP contribution in [0.25, 0.3) is 0 Å². The Morgan fingerprint density at radius 3 is 2.30 bits per heavy atom. The summed E-state index contributed by atoms with van der Waals surface area (Å²) in [5, 5.41) is 2.99. The average molecular weight is 456 g/mol. The van der Waals surface area contributed by atoms with Crippen LogP contribution < -0.4 is 19.5 Å². The molecule has 3 rings (SSSR count). The summed E-state index contributed by atoms with van der Waals surface area (Å²) in [6.07, 6.45) is 0.510. The van der Waals surface area contributed by atoms with E-state index in [1.807, 2.05) is 12.1 Å². The third kappa shape index (κ3) is 6.86. The second-order valence-corrected chi connectivity index (χ2v) is 7.38. The van der Waals surface area contributed by atoms with Crippen LogP contribution >= 0.6 is 0 Å².